The van der Waals surface area contributed by atoms with Gasteiger partial charge in [-0.15, -0.1) is 0 Å². The molecule has 1 heterocycles. The fourth-order valence-electron chi connectivity index (χ4n) is 0.322. The molecule has 0 spiro atoms. The molecule has 36 valence electrons. The molecule has 0 aromatic heterocycles. The van der Waals surface area contributed by atoms with Crippen LogP contribution >= 0.6 is 11.9 Å². The lowest BCUT2D eigenvalue weighted by Crippen LogP contribution is -2.57. The molecule has 0 fully saturated rings. The third-order valence-corrected chi connectivity index (χ3v) is 1.17. The van der Waals surface area contributed by atoms with Crippen molar-refractivity contribution in [3.63, 3.8) is 0 Å². The van der Waals surface area contributed by atoms with Crippen molar-refractivity contribution < 1.29 is 4.40 Å². The Morgan fingerprint density at radius 3 is 3.14 bits per heavy atom. The predicted molar refractivity (Wildman–Crippen MR) is 32.9 cm³/mol. The molecule has 0 bridgehead atoms. The van der Waals surface area contributed by atoms with Crippen LogP contribution in [0.25, 0.3) is 0 Å². The molecule has 0 atom stereocenters. The van der Waals surface area contributed by atoms with Gasteiger partial charge in [0, 0.05) is 11.5 Å². The SMILES string of the molecule is C1=CC=[NH+]SC=C1. The van der Waals surface area contributed by atoms with Crippen LogP contribution in [0.4, 0.5) is 0 Å². The van der Waals surface area contributed by atoms with Crippen molar-refractivity contribution in [2.75, 3.05) is 0 Å². The minimum Gasteiger partial charge on any atom is -0.175 e. The van der Waals surface area contributed by atoms with Crippen molar-refractivity contribution >= 4 is 18.2 Å². The van der Waals surface area contributed by atoms with E-state index in [0.29, 0.717) is 0 Å². The van der Waals surface area contributed by atoms with Gasteiger partial charge in [0.1, 0.15) is 0 Å². The topological polar surface area (TPSA) is 14.0 Å². The summed E-state index contributed by atoms with van der Waals surface area (Å²) in [5, 5.41) is 1.99. The lowest BCUT2D eigenvalue weighted by molar-refractivity contribution is -0.233. The maximum Gasteiger partial charge on any atom is 0.186 e. The van der Waals surface area contributed by atoms with E-state index >= 15 is 0 Å². The molecule has 1 aliphatic rings. The Bertz CT molecular complexity index is 110. The van der Waals surface area contributed by atoms with Crippen LogP contribution < -0.4 is 4.40 Å². The van der Waals surface area contributed by atoms with Gasteiger partial charge in [0.15, 0.2) is 18.2 Å². The van der Waals surface area contributed by atoms with E-state index in [9.17, 15) is 0 Å². The molecule has 2 heteroatoms. The lowest BCUT2D eigenvalue weighted by Gasteiger charge is -1.60. The Hall–Kier alpha value is -0.500. The van der Waals surface area contributed by atoms with E-state index in [1.165, 1.54) is 0 Å². The Balaban J connectivity index is 2.60. The van der Waals surface area contributed by atoms with E-state index in [1.54, 1.807) is 11.9 Å². The molecule has 1 rings (SSSR count). The molecule has 0 radical (unpaired) electrons. The minimum atomic E-state index is 1.57. The highest BCUT2D eigenvalue weighted by molar-refractivity contribution is 7.95. The van der Waals surface area contributed by atoms with Crippen LogP contribution in [-0.4, -0.2) is 6.21 Å². The molecular formula is C5H6NS+. The van der Waals surface area contributed by atoms with Gasteiger partial charge in [-0.05, 0) is 6.08 Å². The highest BCUT2D eigenvalue weighted by atomic mass is 32.2. The summed E-state index contributed by atoms with van der Waals surface area (Å²) in [5.41, 5.74) is 0. The zero-order valence-electron chi connectivity index (χ0n) is 3.79. The first-order valence-electron chi connectivity index (χ1n) is 2.06. The summed E-state index contributed by atoms with van der Waals surface area (Å²) >= 11 is 1.57. The summed E-state index contributed by atoms with van der Waals surface area (Å²) in [6.45, 7) is 0. The third-order valence-electron chi connectivity index (χ3n) is 0.601. The first-order chi connectivity index (χ1) is 3.50. The Morgan fingerprint density at radius 2 is 2.14 bits per heavy atom. The fourth-order valence-corrected chi connectivity index (χ4v) is 0.727. The summed E-state index contributed by atoms with van der Waals surface area (Å²) in [6.07, 6.45) is 7.81. The first kappa shape index (κ1) is 4.65. The average Bonchev–Trinajstić information content (AvgIpc) is 1.90. The molecule has 0 aromatic carbocycles. The number of nitrogens with one attached hydrogen (secondary N) is 1. The van der Waals surface area contributed by atoms with Crippen LogP contribution in [0.15, 0.2) is 23.6 Å². The van der Waals surface area contributed by atoms with Crippen LogP contribution in [0, 0.1) is 0 Å². The van der Waals surface area contributed by atoms with Crippen molar-refractivity contribution in [1.29, 1.82) is 0 Å². The van der Waals surface area contributed by atoms with Crippen molar-refractivity contribution in [2.24, 2.45) is 0 Å². The number of hydrogen-bond acceptors (Lipinski definition) is 1. The van der Waals surface area contributed by atoms with Gasteiger partial charge in [-0.25, -0.2) is 0 Å². The molecule has 1 N–H and O–H groups in total. The van der Waals surface area contributed by atoms with Gasteiger partial charge in [0.25, 0.3) is 0 Å². The average molecular weight is 112 g/mol. The summed E-state index contributed by atoms with van der Waals surface area (Å²) in [6, 6.07) is 0. The standard InChI is InChI=1S/C5H5NS/c1-2-4-6-7-5-3-1/h1-5H/p+1. The van der Waals surface area contributed by atoms with Gasteiger partial charge in [-0.1, -0.05) is 6.08 Å². The summed E-state index contributed by atoms with van der Waals surface area (Å²) < 4.78 is 2.97. The van der Waals surface area contributed by atoms with Gasteiger partial charge in [0.05, 0.1) is 0 Å². The molecule has 1 nitrogen and oxygen atoms in total. The molecule has 0 unspecified atom stereocenters. The Morgan fingerprint density at radius 1 is 1.14 bits per heavy atom. The summed E-state index contributed by atoms with van der Waals surface area (Å²) in [7, 11) is 0. The summed E-state index contributed by atoms with van der Waals surface area (Å²) in [4.78, 5) is 0. The van der Waals surface area contributed by atoms with E-state index in [4.69, 9.17) is 0 Å². The van der Waals surface area contributed by atoms with Gasteiger partial charge in [0.2, 0.25) is 0 Å². The number of allylic oxidation sites excluding steroid dienone is 3. The molecule has 0 saturated heterocycles. The molecule has 0 aliphatic carbocycles. The largest absolute Gasteiger partial charge is 0.186 e. The maximum absolute atomic E-state index is 2.97. The monoisotopic (exact) mass is 112 g/mol. The van der Waals surface area contributed by atoms with E-state index in [-0.39, 0.29) is 0 Å². The van der Waals surface area contributed by atoms with Gasteiger partial charge < -0.3 is 0 Å². The van der Waals surface area contributed by atoms with Crippen LogP contribution in [0.1, 0.15) is 0 Å². The van der Waals surface area contributed by atoms with Crippen molar-refractivity contribution in [3.8, 4) is 0 Å². The molecule has 0 saturated carbocycles. The predicted octanol–water partition coefficient (Wildman–Crippen LogP) is -0.130. The Labute approximate surface area is 47.0 Å². The van der Waals surface area contributed by atoms with Crippen molar-refractivity contribution in [1.82, 2.24) is 0 Å². The number of rotatable bonds is 0. The minimum absolute atomic E-state index is 1.57. The van der Waals surface area contributed by atoms with Crippen molar-refractivity contribution in [2.45, 2.75) is 0 Å². The van der Waals surface area contributed by atoms with E-state index in [2.05, 4.69) is 4.40 Å². The van der Waals surface area contributed by atoms with Crippen LogP contribution in [0.2, 0.25) is 0 Å². The Kier molecular flexibility index (Phi) is 1.75. The second-order valence-corrected chi connectivity index (χ2v) is 1.86. The second-order valence-electron chi connectivity index (χ2n) is 1.12. The van der Waals surface area contributed by atoms with Crippen molar-refractivity contribution in [3.05, 3.63) is 23.6 Å². The van der Waals surface area contributed by atoms with Gasteiger partial charge >= 0.3 is 0 Å². The molecule has 1 aliphatic heterocycles. The molecule has 7 heavy (non-hydrogen) atoms. The van der Waals surface area contributed by atoms with E-state index in [0.717, 1.165) is 0 Å². The normalized spacial score (nSPS) is 17.1. The lowest BCUT2D eigenvalue weighted by atomic mass is 10.5. The first-order valence-corrected chi connectivity index (χ1v) is 2.94. The van der Waals surface area contributed by atoms with Crippen LogP contribution in [0.5, 0.6) is 0 Å². The third kappa shape index (κ3) is 1.59. The van der Waals surface area contributed by atoms with Gasteiger partial charge in [-0.3, -0.25) is 0 Å². The highest BCUT2D eigenvalue weighted by Gasteiger charge is 1.80. The fraction of sp³-hybridized carbons (Fsp3) is 0. The van der Waals surface area contributed by atoms with Gasteiger partial charge in [-0.2, -0.15) is 4.40 Å². The second kappa shape index (κ2) is 2.64. The molecular weight excluding hydrogens is 106 g/mol. The van der Waals surface area contributed by atoms with Crippen LogP contribution in [0.3, 0.4) is 0 Å². The maximum atomic E-state index is 2.97. The van der Waals surface area contributed by atoms with Crippen LogP contribution in [-0.2, 0) is 0 Å². The molecule has 0 aromatic rings. The smallest absolute Gasteiger partial charge is 0.175 e. The highest BCUT2D eigenvalue weighted by Crippen LogP contribution is 1.86. The zero-order valence-corrected chi connectivity index (χ0v) is 4.61. The zero-order chi connectivity index (χ0) is 4.95. The van der Waals surface area contributed by atoms with E-state index in [1.807, 2.05) is 29.9 Å². The quantitative estimate of drug-likeness (QED) is 0.431. The van der Waals surface area contributed by atoms with E-state index < -0.39 is 0 Å². The number of hydrogen-bond donors (Lipinski definition) is 1. The molecule has 0 amide bonds. The summed E-state index contributed by atoms with van der Waals surface area (Å²) in [5.74, 6) is 0.